The lowest BCUT2D eigenvalue weighted by Crippen LogP contribution is -2.11. The molecule has 0 bridgehead atoms. The Kier molecular flexibility index (Phi) is 7.80. The molecule has 0 fully saturated rings. The van der Waals surface area contributed by atoms with Crippen LogP contribution in [0.2, 0.25) is 0 Å². The normalized spacial score (nSPS) is 10.5. The summed E-state index contributed by atoms with van der Waals surface area (Å²) in [5.74, 6) is 1.77. The highest BCUT2D eigenvalue weighted by molar-refractivity contribution is 5.37. The van der Waals surface area contributed by atoms with E-state index in [1.165, 1.54) is 0 Å². The summed E-state index contributed by atoms with van der Waals surface area (Å²) in [5, 5.41) is 2.95. The van der Waals surface area contributed by atoms with Crippen LogP contribution in [0, 0.1) is 0 Å². The van der Waals surface area contributed by atoms with Crippen molar-refractivity contribution in [1.29, 1.82) is 0 Å². The molecule has 0 unspecified atom stereocenters. The Balaban J connectivity index is 2.41. The van der Waals surface area contributed by atoms with Crippen LogP contribution in [0.3, 0.4) is 0 Å². The number of methoxy groups -OCH3 is 2. The molecule has 1 aromatic rings. The van der Waals surface area contributed by atoms with Crippen molar-refractivity contribution < 1.29 is 18.9 Å². The van der Waals surface area contributed by atoms with Crippen molar-refractivity contribution in [2.24, 2.45) is 0 Å². The first-order valence-electron chi connectivity index (χ1n) is 6.04. The van der Waals surface area contributed by atoms with Crippen molar-refractivity contribution in [3.05, 3.63) is 11.9 Å². The van der Waals surface area contributed by atoms with Gasteiger partial charge < -0.3 is 24.3 Å². The predicted molar refractivity (Wildman–Crippen MR) is 70.5 cm³/mol. The molecule has 0 saturated carbocycles. The van der Waals surface area contributed by atoms with Gasteiger partial charge in [0, 0.05) is 27.3 Å². The first kappa shape index (κ1) is 15.6. The minimum atomic E-state index is 0.343. The first-order chi connectivity index (χ1) is 9.30. The number of hydrogen-bond donors (Lipinski definition) is 1. The van der Waals surface area contributed by atoms with E-state index < -0.39 is 0 Å². The van der Waals surface area contributed by atoms with Crippen molar-refractivity contribution in [1.82, 2.24) is 9.97 Å². The number of nitrogens with one attached hydrogen (secondary N) is 1. The van der Waals surface area contributed by atoms with Gasteiger partial charge in [0.25, 0.3) is 0 Å². The molecular formula is C12H21N3O4. The fourth-order valence-corrected chi connectivity index (χ4v) is 1.32. The Labute approximate surface area is 113 Å². The van der Waals surface area contributed by atoms with Crippen molar-refractivity contribution in [3.8, 4) is 5.88 Å². The zero-order valence-electron chi connectivity index (χ0n) is 11.6. The van der Waals surface area contributed by atoms with Crippen molar-refractivity contribution in [2.45, 2.75) is 6.61 Å². The maximum Gasteiger partial charge on any atom is 0.218 e. The number of ether oxygens (including phenoxy) is 4. The molecule has 108 valence electrons. The zero-order chi connectivity index (χ0) is 13.9. The molecule has 0 saturated heterocycles. The molecule has 7 heteroatoms. The second-order valence-corrected chi connectivity index (χ2v) is 3.64. The van der Waals surface area contributed by atoms with Gasteiger partial charge in [-0.25, -0.2) is 4.98 Å². The highest BCUT2D eigenvalue weighted by Gasteiger charge is 2.04. The molecule has 1 heterocycles. The third-order valence-electron chi connectivity index (χ3n) is 2.19. The van der Waals surface area contributed by atoms with E-state index in [0.717, 1.165) is 0 Å². The Morgan fingerprint density at radius 1 is 1.05 bits per heavy atom. The van der Waals surface area contributed by atoms with Crippen LogP contribution in [0.15, 0.2) is 6.07 Å². The zero-order valence-corrected chi connectivity index (χ0v) is 11.6. The van der Waals surface area contributed by atoms with Crippen LogP contribution < -0.4 is 10.1 Å². The van der Waals surface area contributed by atoms with Crippen LogP contribution >= 0.6 is 0 Å². The highest BCUT2D eigenvalue weighted by atomic mass is 16.5. The molecule has 0 amide bonds. The predicted octanol–water partition coefficient (Wildman–Crippen LogP) is 0.706. The minimum Gasteiger partial charge on any atom is -0.475 e. The third kappa shape index (κ3) is 6.32. The highest BCUT2D eigenvalue weighted by Crippen LogP contribution is 2.13. The molecule has 1 rings (SSSR count). The van der Waals surface area contributed by atoms with E-state index >= 15 is 0 Å². The van der Waals surface area contributed by atoms with Crippen molar-refractivity contribution >= 4 is 5.82 Å². The van der Waals surface area contributed by atoms with Gasteiger partial charge >= 0.3 is 0 Å². The number of hydrogen-bond acceptors (Lipinski definition) is 7. The summed E-state index contributed by atoms with van der Waals surface area (Å²) in [6.45, 7) is 2.39. The maximum absolute atomic E-state index is 5.50. The molecule has 0 radical (unpaired) electrons. The van der Waals surface area contributed by atoms with E-state index in [2.05, 4.69) is 15.3 Å². The summed E-state index contributed by atoms with van der Waals surface area (Å²) < 4.78 is 20.7. The van der Waals surface area contributed by atoms with Gasteiger partial charge in [0.05, 0.1) is 19.8 Å². The monoisotopic (exact) mass is 271 g/mol. The third-order valence-corrected chi connectivity index (χ3v) is 2.19. The van der Waals surface area contributed by atoms with Crippen molar-refractivity contribution in [3.63, 3.8) is 0 Å². The number of anilines is 1. The average molecular weight is 271 g/mol. The Morgan fingerprint density at radius 3 is 2.53 bits per heavy atom. The standard InChI is InChI=1S/C12H21N3O4/c1-13-10-8-12(15-11(14-10)9-17-3)19-7-6-18-5-4-16-2/h8H,4-7,9H2,1-3H3,(H,13,14,15). The van der Waals surface area contributed by atoms with E-state index in [-0.39, 0.29) is 0 Å². The van der Waals surface area contributed by atoms with E-state index in [1.54, 1.807) is 27.3 Å². The van der Waals surface area contributed by atoms with Gasteiger partial charge in [0.1, 0.15) is 19.0 Å². The molecular weight excluding hydrogens is 250 g/mol. The summed E-state index contributed by atoms with van der Waals surface area (Å²) in [6, 6.07) is 1.73. The van der Waals surface area contributed by atoms with Crippen LogP contribution in [0.4, 0.5) is 5.82 Å². The van der Waals surface area contributed by atoms with Crippen LogP contribution in [0.5, 0.6) is 5.88 Å². The van der Waals surface area contributed by atoms with Gasteiger partial charge in [-0.05, 0) is 0 Å². The van der Waals surface area contributed by atoms with Gasteiger partial charge in [-0.1, -0.05) is 0 Å². The van der Waals surface area contributed by atoms with Gasteiger partial charge in [-0.3, -0.25) is 0 Å². The lowest BCUT2D eigenvalue weighted by atomic mass is 10.5. The Morgan fingerprint density at radius 2 is 1.84 bits per heavy atom. The summed E-state index contributed by atoms with van der Waals surface area (Å²) in [7, 11) is 5.02. The van der Waals surface area contributed by atoms with E-state index in [4.69, 9.17) is 18.9 Å². The van der Waals surface area contributed by atoms with Crippen LogP contribution in [-0.2, 0) is 20.8 Å². The Bertz CT molecular complexity index is 363. The van der Waals surface area contributed by atoms with Gasteiger partial charge in [-0.2, -0.15) is 4.98 Å². The summed E-state index contributed by atoms with van der Waals surface area (Å²) in [4.78, 5) is 8.46. The number of rotatable bonds is 10. The average Bonchev–Trinajstić information content (AvgIpc) is 2.43. The Hall–Kier alpha value is -1.44. The quantitative estimate of drug-likeness (QED) is 0.628. The topological polar surface area (TPSA) is 74.7 Å². The number of nitrogens with zero attached hydrogens (tertiary/aromatic N) is 2. The van der Waals surface area contributed by atoms with E-state index in [9.17, 15) is 0 Å². The molecule has 0 aromatic carbocycles. The molecule has 1 aromatic heterocycles. The van der Waals surface area contributed by atoms with Crippen LogP contribution in [-0.4, -0.2) is 57.7 Å². The first-order valence-corrected chi connectivity index (χ1v) is 6.04. The fourth-order valence-electron chi connectivity index (χ4n) is 1.32. The molecule has 0 atom stereocenters. The number of aromatic nitrogens is 2. The van der Waals surface area contributed by atoms with Crippen LogP contribution in [0.1, 0.15) is 5.82 Å². The summed E-state index contributed by atoms with van der Waals surface area (Å²) in [6.07, 6.45) is 0. The summed E-state index contributed by atoms with van der Waals surface area (Å²) in [5.41, 5.74) is 0. The fraction of sp³-hybridized carbons (Fsp3) is 0.667. The molecule has 0 aliphatic rings. The van der Waals surface area contributed by atoms with Gasteiger partial charge in [0.15, 0.2) is 5.82 Å². The summed E-state index contributed by atoms with van der Waals surface area (Å²) >= 11 is 0. The molecule has 19 heavy (non-hydrogen) atoms. The smallest absolute Gasteiger partial charge is 0.218 e. The van der Waals surface area contributed by atoms with Gasteiger partial charge in [0.2, 0.25) is 5.88 Å². The molecule has 0 spiro atoms. The van der Waals surface area contributed by atoms with Gasteiger partial charge in [-0.15, -0.1) is 0 Å². The lowest BCUT2D eigenvalue weighted by molar-refractivity contribution is 0.0535. The second-order valence-electron chi connectivity index (χ2n) is 3.64. The lowest BCUT2D eigenvalue weighted by Gasteiger charge is -2.09. The minimum absolute atomic E-state index is 0.343. The SMILES string of the molecule is CNc1cc(OCCOCCOC)nc(COC)n1. The van der Waals surface area contributed by atoms with Crippen molar-refractivity contribution in [2.75, 3.05) is 53.0 Å². The van der Waals surface area contributed by atoms with E-state index in [0.29, 0.717) is 50.6 Å². The molecule has 7 nitrogen and oxygen atoms in total. The van der Waals surface area contributed by atoms with Crippen LogP contribution in [0.25, 0.3) is 0 Å². The van der Waals surface area contributed by atoms with E-state index in [1.807, 2.05) is 0 Å². The second kappa shape index (κ2) is 9.48. The molecule has 1 N–H and O–H groups in total. The molecule has 0 aliphatic carbocycles. The molecule has 0 aliphatic heterocycles. The largest absolute Gasteiger partial charge is 0.475 e. The maximum atomic E-state index is 5.50.